The monoisotopic (exact) mass is 1780 g/mol. The second-order valence-electron chi connectivity index (χ2n) is 39.1. The van der Waals surface area contributed by atoms with Crippen molar-refractivity contribution >= 4 is 56.2 Å². The molecule has 0 bridgehead atoms. The summed E-state index contributed by atoms with van der Waals surface area (Å²) in [4.78, 5) is 18.6. The summed E-state index contributed by atoms with van der Waals surface area (Å²) in [6, 6.07) is 83.9. The minimum absolute atomic E-state index is 0.242. The molecule has 8 heterocycles. The third kappa shape index (κ3) is 16.9. The number of para-hydroxylation sites is 10. The molecule has 0 saturated carbocycles. The summed E-state index contributed by atoms with van der Waals surface area (Å²) in [5, 5.41) is 0. The fourth-order valence-electron chi connectivity index (χ4n) is 20.8. The van der Waals surface area contributed by atoms with Crippen molar-refractivity contribution in [2.75, 3.05) is 52.7 Å². The summed E-state index contributed by atoms with van der Waals surface area (Å²) < 4.78 is 18.9. The molecule has 4 atom stereocenters. The molecule has 11 aromatic carbocycles. The van der Waals surface area contributed by atoms with E-state index >= 15 is 0 Å². The van der Waals surface area contributed by atoms with Gasteiger partial charge in [0, 0.05) is 122 Å². The van der Waals surface area contributed by atoms with Gasteiger partial charge in [-0.3, -0.25) is 0 Å². The maximum Gasteiger partial charge on any atom is 0.295 e. The van der Waals surface area contributed by atoms with Gasteiger partial charge < -0.3 is 39.2 Å². The van der Waals surface area contributed by atoms with Crippen molar-refractivity contribution in [3.05, 3.63) is 348 Å². The number of nitrogens with zero attached hydrogens (tertiary/aromatic N) is 16. The van der Waals surface area contributed by atoms with Crippen LogP contribution in [-0.4, -0.2) is 85.8 Å². The number of imidazole rings is 4. The van der Waals surface area contributed by atoms with E-state index in [1.54, 1.807) is 0 Å². The van der Waals surface area contributed by atoms with Crippen LogP contribution in [0.5, 0.6) is 0 Å². The summed E-state index contributed by atoms with van der Waals surface area (Å²) >= 11 is 0. The zero-order chi connectivity index (χ0) is 95.4. The fraction of sp³-hybridized carbons (Fsp3) is 0.322. The molecule has 0 saturated heterocycles. The quantitative estimate of drug-likeness (QED) is 0.0788. The molecule has 690 valence electrons. The van der Waals surface area contributed by atoms with Crippen LogP contribution < -0.4 is 42.8 Å². The molecule has 0 fully saturated rings. The van der Waals surface area contributed by atoms with Gasteiger partial charge in [0.05, 0.1) is 61.8 Å². The number of fused-ring (bicyclic) bond motifs is 3. The van der Waals surface area contributed by atoms with Crippen molar-refractivity contribution in [2.24, 2.45) is 28.2 Å². The van der Waals surface area contributed by atoms with Crippen LogP contribution in [-0.2, 0) is 28.2 Å². The molecule has 4 aromatic heterocycles. The minimum atomic E-state index is 0.242. The lowest BCUT2D eigenvalue weighted by molar-refractivity contribution is -0.659. The molecular weight excluding hydrogens is 1640 g/mol. The van der Waals surface area contributed by atoms with Crippen molar-refractivity contribution in [3.63, 3.8) is 0 Å². The van der Waals surface area contributed by atoms with Crippen molar-refractivity contribution in [1.29, 1.82) is 0 Å². The number of benzene rings is 11. The average Bonchev–Trinajstić information content (AvgIpc) is 1.57. The lowest BCUT2D eigenvalue weighted by Crippen LogP contribution is -2.36. The second kappa shape index (κ2) is 38.5. The van der Waals surface area contributed by atoms with E-state index in [1.165, 1.54) is 180 Å². The van der Waals surface area contributed by atoms with Crippen LogP contribution in [0.4, 0.5) is 34.1 Å². The highest BCUT2D eigenvalue weighted by molar-refractivity contribution is 5.88. The largest absolute Gasteiger partial charge is 0.359 e. The molecule has 16 nitrogen and oxygen atoms in total. The van der Waals surface area contributed by atoms with Crippen LogP contribution in [0.2, 0.25) is 0 Å². The first-order valence-electron chi connectivity index (χ1n) is 48.4. The average molecular weight is 1780 g/mol. The zero-order valence-electron chi connectivity index (χ0n) is 84.6. The molecule has 0 unspecified atom stereocenters. The molecule has 0 amide bonds. The van der Waals surface area contributed by atoms with Crippen molar-refractivity contribution in [2.45, 2.75) is 199 Å². The van der Waals surface area contributed by atoms with Gasteiger partial charge in [-0.05, 0) is 210 Å². The van der Waals surface area contributed by atoms with Crippen LogP contribution in [0.25, 0.3) is 90.4 Å². The number of anilines is 6. The van der Waals surface area contributed by atoms with Crippen LogP contribution in [0.15, 0.2) is 293 Å². The second-order valence-corrected chi connectivity index (χ2v) is 39.1. The van der Waals surface area contributed by atoms with Gasteiger partial charge in [-0.25, -0.2) is 18.3 Å². The lowest BCUT2D eigenvalue weighted by atomic mass is 9.92. The highest BCUT2D eigenvalue weighted by atomic mass is 15.4. The summed E-state index contributed by atoms with van der Waals surface area (Å²) in [5.74, 6) is 7.41. The standard InChI is InChI=1S/2C32H39N4.C28H37N4.C26H27N4/c1-21(2)25-13-11-14-26(22(3)4)31(25)35-20-19-33(7)32(35)27-15-12-18-28(23(27)5)36-24(6)34(8)29-16-9-10-17-30(29)36;1-21(2)25-13-11-14-26(22(3)4)31(25)36-30-17-10-9-16-29(30)34(8)32(36)27-15-12-18-28(23(27)5)35-20-19-33(7)24(35)6;1-19(2)23-11-9-12-24(20(3)4)27(23)32-18-16-30(8)28(32)25-13-10-14-26(21(25)5)31-17-15-29(7)22(31)6;1-19-22(13-10-16-23(19)29-18-17-27(3)20(29)2)26-28(4)24-14-8-9-15-25(24)30(26)21-11-6-5-7-12-21/h2*9-22,24H,1-8H3;9-20,22H,1-8H3;5-18,20H,1-4H3/q4*+1/t2*24-;22-;20-/m0000/s1. The molecule has 4 aliphatic heterocycles. The van der Waals surface area contributed by atoms with E-state index in [-0.39, 0.29) is 12.3 Å². The van der Waals surface area contributed by atoms with Gasteiger partial charge in [0.15, 0.2) is 22.1 Å². The summed E-state index contributed by atoms with van der Waals surface area (Å²) in [7, 11) is 17.2. The predicted molar refractivity (Wildman–Crippen MR) is 561 cm³/mol. The third-order valence-corrected chi connectivity index (χ3v) is 28.9. The first-order chi connectivity index (χ1) is 64.2. The first kappa shape index (κ1) is 93.6. The smallest absolute Gasteiger partial charge is 0.295 e. The van der Waals surface area contributed by atoms with Crippen molar-refractivity contribution < 1.29 is 18.3 Å². The minimum Gasteiger partial charge on any atom is -0.359 e. The Morgan fingerprint density at radius 1 is 0.269 bits per heavy atom. The van der Waals surface area contributed by atoms with E-state index in [4.69, 9.17) is 0 Å². The SMILES string of the molecule is Cc1c(-c2n(-c3c(C(C)C)cccc3C(C)C)c3ccccc3[n+]2C)cccc1N1C=CN(C)[C@@H]1C.Cc1c(-c2n(-c3c(C(C)C)cccc3C(C)C)cc[n+]2C)cccc1N1C=CN(C)[C@@H]1C.Cc1c(-c2n(-c3c(C(C)C)cccc3C(C)C)cc[n+]2C)cccc1N1c2ccccc2N(C)[C@@H]1C.Cc1c(-c2n(-c3ccccc3)c3ccccc3[n+]2C)cccc1N1C=CN(C)[C@@H]1C. The Kier molecular flexibility index (Phi) is 26.9. The normalized spacial score (nSPS) is 15.8. The highest BCUT2D eigenvalue weighted by Gasteiger charge is 2.39. The summed E-state index contributed by atoms with van der Waals surface area (Å²) in [6.07, 6.45) is 22.9. The maximum absolute atomic E-state index is 2.53. The molecule has 0 radical (unpaired) electrons. The van der Waals surface area contributed by atoms with Crippen LogP contribution in [0.1, 0.15) is 202 Å². The number of hydrogen-bond acceptors (Lipinski definition) is 8. The number of rotatable bonds is 18. The third-order valence-electron chi connectivity index (χ3n) is 28.9. The van der Waals surface area contributed by atoms with Gasteiger partial charge in [0.25, 0.3) is 23.3 Å². The van der Waals surface area contributed by atoms with Crippen LogP contribution in [0.3, 0.4) is 0 Å². The Labute approximate surface area is 798 Å². The first-order valence-corrected chi connectivity index (χ1v) is 48.4. The molecule has 0 aliphatic carbocycles. The molecular formula is C118H142N16+4. The number of aromatic nitrogens is 8. The van der Waals surface area contributed by atoms with Gasteiger partial charge in [-0.15, -0.1) is 0 Å². The Balaban J connectivity index is 0.000000130. The van der Waals surface area contributed by atoms with Gasteiger partial charge in [0.2, 0.25) is 0 Å². The fourth-order valence-corrected chi connectivity index (χ4v) is 20.8. The predicted octanol–water partition coefficient (Wildman–Crippen LogP) is 25.8. The molecule has 0 N–H and O–H groups in total. The van der Waals surface area contributed by atoms with E-state index in [1.807, 2.05) is 0 Å². The van der Waals surface area contributed by atoms with E-state index in [0.717, 1.165) is 0 Å². The Morgan fingerprint density at radius 3 is 0.918 bits per heavy atom. The van der Waals surface area contributed by atoms with Gasteiger partial charge in [-0.1, -0.05) is 217 Å². The highest BCUT2D eigenvalue weighted by Crippen LogP contribution is 2.48. The van der Waals surface area contributed by atoms with E-state index in [2.05, 4.69) is 563 Å². The van der Waals surface area contributed by atoms with Crippen LogP contribution >= 0.6 is 0 Å². The van der Waals surface area contributed by atoms with E-state index in [9.17, 15) is 0 Å². The van der Waals surface area contributed by atoms with E-state index < -0.39 is 0 Å². The molecule has 4 aliphatic rings. The summed E-state index contributed by atoms with van der Waals surface area (Å²) in [5.41, 5.74) is 36.1. The van der Waals surface area contributed by atoms with E-state index in [0.29, 0.717) is 47.8 Å². The Morgan fingerprint density at radius 2 is 0.560 bits per heavy atom. The van der Waals surface area contributed by atoms with Crippen molar-refractivity contribution in [3.8, 4) is 68.3 Å². The Bertz CT molecular complexity index is 6840. The number of aryl methyl sites for hydroxylation is 4. The van der Waals surface area contributed by atoms with Crippen LogP contribution in [0, 0.1) is 27.7 Å². The molecule has 16 heteroatoms. The van der Waals surface area contributed by atoms with Crippen molar-refractivity contribution in [1.82, 2.24) is 33.0 Å². The molecule has 19 rings (SSSR count). The van der Waals surface area contributed by atoms with Gasteiger partial charge in [0.1, 0.15) is 72.2 Å². The number of hydrogen-bond donors (Lipinski definition) is 0. The Hall–Kier alpha value is -13.6. The zero-order valence-corrected chi connectivity index (χ0v) is 84.6. The van der Waals surface area contributed by atoms with Gasteiger partial charge in [-0.2, -0.15) is 18.3 Å². The maximum atomic E-state index is 2.53. The summed E-state index contributed by atoms with van der Waals surface area (Å²) in [6.45, 7) is 45.5. The molecule has 15 aromatic rings. The molecule has 134 heavy (non-hydrogen) atoms. The molecule has 0 spiro atoms. The topological polar surface area (TPSA) is 61.2 Å². The van der Waals surface area contributed by atoms with Gasteiger partial charge >= 0.3 is 0 Å². The lowest BCUT2D eigenvalue weighted by Gasteiger charge is -2.29.